The van der Waals surface area contributed by atoms with Crippen molar-refractivity contribution in [3.8, 4) is 11.1 Å². The molecule has 1 aromatic heterocycles. The predicted octanol–water partition coefficient (Wildman–Crippen LogP) is 4.41. The zero-order valence-corrected chi connectivity index (χ0v) is 17.6. The first-order valence-electron chi connectivity index (χ1n) is 10.3. The largest absolute Gasteiger partial charge is 0.388 e. The minimum Gasteiger partial charge on any atom is -0.388 e. The average molecular weight is 412 g/mol. The van der Waals surface area contributed by atoms with Crippen LogP contribution in [0.1, 0.15) is 41.3 Å². The van der Waals surface area contributed by atoms with Gasteiger partial charge in [0.15, 0.2) is 5.78 Å². The van der Waals surface area contributed by atoms with Gasteiger partial charge in [0.1, 0.15) is 6.61 Å². The Morgan fingerprint density at radius 1 is 1.00 bits per heavy atom. The number of hydrogen-bond donors (Lipinski definition) is 1. The molecule has 3 aromatic carbocycles. The number of hydrogen-bond acceptors (Lipinski definition) is 4. The fourth-order valence-electron chi connectivity index (χ4n) is 3.64. The molecule has 0 radical (unpaired) electrons. The molecule has 4 aromatic rings. The van der Waals surface area contributed by atoms with Crippen LogP contribution in [-0.4, -0.2) is 27.0 Å². The summed E-state index contributed by atoms with van der Waals surface area (Å²) >= 11 is 0. The molecule has 0 saturated carbocycles. The minimum absolute atomic E-state index is 0.218. The molecule has 5 nitrogen and oxygen atoms in total. The monoisotopic (exact) mass is 412 g/mol. The van der Waals surface area contributed by atoms with E-state index in [1.54, 1.807) is 12.1 Å². The van der Waals surface area contributed by atoms with Gasteiger partial charge in [0.25, 0.3) is 5.56 Å². The van der Waals surface area contributed by atoms with Gasteiger partial charge in [0.2, 0.25) is 0 Å². The van der Waals surface area contributed by atoms with Crippen molar-refractivity contribution in [3.05, 3.63) is 100 Å². The molecule has 0 spiro atoms. The number of aliphatic hydroxyl groups is 1. The van der Waals surface area contributed by atoms with Gasteiger partial charge in [-0.3, -0.25) is 14.2 Å². The molecule has 0 atom stereocenters. The Balaban J connectivity index is 1.66. The molecule has 1 N–H and O–H groups in total. The van der Waals surface area contributed by atoms with Gasteiger partial charge < -0.3 is 5.11 Å². The van der Waals surface area contributed by atoms with Crippen molar-refractivity contribution < 1.29 is 9.90 Å². The second-order valence-electron chi connectivity index (χ2n) is 7.97. The Morgan fingerprint density at radius 2 is 1.77 bits per heavy atom. The van der Waals surface area contributed by atoms with E-state index in [0.717, 1.165) is 16.7 Å². The van der Waals surface area contributed by atoms with Crippen LogP contribution in [0.5, 0.6) is 0 Å². The summed E-state index contributed by atoms with van der Waals surface area (Å²) in [7, 11) is 0. The quantitative estimate of drug-likeness (QED) is 0.476. The molecule has 0 aliphatic carbocycles. The van der Waals surface area contributed by atoms with E-state index in [9.17, 15) is 9.59 Å². The summed E-state index contributed by atoms with van der Waals surface area (Å²) in [6.45, 7) is 4.13. The van der Waals surface area contributed by atoms with Crippen LogP contribution in [0.4, 0.5) is 0 Å². The Kier molecular flexibility index (Phi) is 5.78. The molecule has 0 bridgehead atoms. The zero-order valence-electron chi connectivity index (χ0n) is 17.6. The van der Waals surface area contributed by atoms with E-state index in [-0.39, 0.29) is 5.56 Å². The number of ketones is 1. The SMILES string of the molecule is CC(C)c1ccc(-c2cccc(Cn3cnc4ccc(C(=O)CO)cc4c3=O)c2)cc1. The number of aliphatic hydroxyl groups excluding tert-OH is 1. The molecule has 0 aliphatic rings. The fraction of sp³-hybridized carbons (Fsp3) is 0.192. The first-order valence-corrected chi connectivity index (χ1v) is 10.3. The van der Waals surface area contributed by atoms with Gasteiger partial charge in [-0.15, -0.1) is 0 Å². The topological polar surface area (TPSA) is 72.2 Å². The number of Topliss-reactive ketones (excluding diaryl/α,β-unsaturated/α-hetero) is 1. The zero-order chi connectivity index (χ0) is 22.0. The maximum atomic E-state index is 13.0. The Hall–Kier alpha value is -3.57. The molecular weight excluding hydrogens is 388 g/mol. The highest BCUT2D eigenvalue weighted by Gasteiger charge is 2.10. The van der Waals surface area contributed by atoms with Crippen molar-refractivity contribution in [2.24, 2.45) is 0 Å². The first kappa shape index (κ1) is 20.7. The van der Waals surface area contributed by atoms with Crippen molar-refractivity contribution in [1.82, 2.24) is 9.55 Å². The Morgan fingerprint density at radius 3 is 2.48 bits per heavy atom. The van der Waals surface area contributed by atoms with Crippen molar-refractivity contribution >= 4 is 16.7 Å². The van der Waals surface area contributed by atoms with Gasteiger partial charge in [-0.25, -0.2) is 4.98 Å². The lowest BCUT2D eigenvalue weighted by Crippen LogP contribution is -2.21. The fourth-order valence-corrected chi connectivity index (χ4v) is 3.64. The lowest BCUT2D eigenvalue weighted by molar-refractivity contribution is 0.0904. The van der Waals surface area contributed by atoms with Gasteiger partial charge >= 0.3 is 0 Å². The van der Waals surface area contributed by atoms with E-state index in [2.05, 4.69) is 55.2 Å². The number of carbonyl (C=O) groups excluding carboxylic acids is 1. The van der Waals surface area contributed by atoms with E-state index in [1.165, 1.54) is 22.5 Å². The van der Waals surface area contributed by atoms with Crippen molar-refractivity contribution in [2.75, 3.05) is 6.61 Å². The molecule has 0 unspecified atom stereocenters. The number of aromatic nitrogens is 2. The Bertz CT molecular complexity index is 1300. The van der Waals surface area contributed by atoms with Crippen LogP contribution >= 0.6 is 0 Å². The van der Waals surface area contributed by atoms with Crippen molar-refractivity contribution in [2.45, 2.75) is 26.3 Å². The summed E-state index contributed by atoms with van der Waals surface area (Å²) < 4.78 is 1.54. The number of rotatable bonds is 6. The predicted molar refractivity (Wildman–Crippen MR) is 122 cm³/mol. The van der Waals surface area contributed by atoms with Crippen LogP contribution < -0.4 is 5.56 Å². The molecule has 156 valence electrons. The number of carbonyl (C=O) groups is 1. The highest BCUT2D eigenvalue weighted by Crippen LogP contribution is 2.24. The minimum atomic E-state index is -0.592. The molecule has 4 rings (SSSR count). The van der Waals surface area contributed by atoms with Gasteiger partial charge in [-0.1, -0.05) is 56.3 Å². The third-order valence-electron chi connectivity index (χ3n) is 5.48. The second-order valence-corrected chi connectivity index (χ2v) is 7.97. The van der Waals surface area contributed by atoms with Crippen LogP contribution in [0.15, 0.2) is 77.9 Å². The first-order chi connectivity index (χ1) is 15.0. The third kappa shape index (κ3) is 4.32. The molecule has 5 heteroatoms. The Labute approximate surface area is 180 Å². The lowest BCUT2D eigenvalue weighted by atomic mass is 9.98. The van der Waals surface area contributed by atoms with Crippen LogP contribution in [0.2, 0.25) is 0 Å². The normalized spacial score (nSPS) is 11.2. The maximum Gasteiger partial charge on any atom is 0.261 e. The van der Waals surface area contributed by atoms with Gasteiger partial charge in [0.05, 0.1) is 23.8 Å². The van der Waals surface area contributed by atoms with E-state index < -0.39 is 12.4 Å². The van der Waals surface area contributed by atoms with E-state index >= 15 is 0 Å². The summed E-state index contributed by atoms with van der Waals surface area (Å²) in [5.41, 5.74) is 5.11. The van der Waals surface area contributed by atoms with E-state index in [0.29, 0.717) is 28.9 Å². The van der Waals surface area contributed by atoms with Gasteiger partial charge in [-0.2, -0.15) is 0 Å². The maximum absolute atomic E-state index is 13.0. The molecule has 0 fully saturated rings. The molecular formula is C26H24N2O3. The van der Waals surface area contributed by atoms with Crippen molar-refractivity contribution in [1.29, 1.82) is 0 Å². The number of nitrogens with zero attached hydrogens (tertiary/aromatic N) is 2. The van der Waals surface area contributed by atoms with Crippen LogP contribution in [-0.2, 0) is 6.54 Å². The van der Waals surface area contributed by atoms with Gasteiger partial charge in [-0.05, 0) is 52.4 Å². The highest BCUT2D eigenvalue weighted by atomic mass is 16.3. The third-order valence-corrected chi connectivity index (χ3v) is 5.48. The summed E-state index contributed by atoms with van der Waals surface area (Å²) in [6.07, 6.45) is 1.53. The summed E-state index contributed by atoms with van der Waals surface area (Å²) in [4.78, 5) is 29.2. The summed E-state index contributed by atoms with van der Waals surface area (Å²) in [5, 5.41) is 9.46. The standard InChI is InChI=1S/C26H24N2O3/c1-17(2)19-6-8-20(9-7-19)21-5-3-4-18(12-21)14-28-16-27-24-11-10-22(25(30)15-29)13-23(24)26(28)31/h3-13,16-17,29H,14-15H2,1-2H3. The smallest absolute Gasteiger partial charge is 0.261 e. The second kappa shape index (κ2) is 8.66. The number of fused-ring (bicyclic) bond motifs is 1. The van der Waals surface area contributed by atoms with Crippen molar-refractivity contribution in [3.63, 3.8) is 0 Å². The van der Waals surface area contributed by atoms with E-state index in [1.807, 2.05) is 12.1 Å². The average Bonchev–Trinajstić information content (AvgIpc) is 2.80. The van der Waals surface area contributed by atoms with E-state index in [4.69, 9.17) is 5.11 Å². The van der Waals surface area contributed by atoms with Crippen LogP contribution in [0.3, 0.4) is 0 Å². The molecule has 31 heavy (non-hydrogen) atoms. The summed E-state index contributed by atoms with van der Waals surface area (Å²) in [5.74, 6) is 0.0636. The summed E-state index contributed by atoms with van der Waals surface area (Å²) in [6, 6.07) is 21.4. The van der Waals surface area contributed by atoms with Crippen LogP contribution in [0, 0.1) is 0 Å². The van der Waals surface area contributed by atoms with Gasteiger partial charge in [0, 0.05) is 5.56 Å². The molecule has 0 saturated heterocycles. The molecule has 1 heterocycles. The molecule has 0 aliphatic heterocycles. The lowest BCUT2D eigenvalue weighted by Gasteiger charge is -2.10. The number of benzene rings is 3. The van der Waals surface area contributed by atoms with Crippen LogP contribution in [0.25, 0.3) is 22.0 Å². The highest BCUT2D eigenvalue weighted by molar-refractivity contribution is 5.99. The molecule has 0 amide bonds.